The van der Waals surface area contributed by atoms with Crippen LogP contribution in [0.5, 0.6) is 0 Å². The first-order valence-corrected chi connectivity index (χ1v) is 6.54. The van der Waals surface area contributed by atoms with E-state index in [0.717, 1.165) is 0 Å². The molecule has 0 aromatic carbocycles. The van der Waals surface area contributed by atoms with E-state index < -0.39 is 15.6 Å². The van der Waals surface area contributed by atoms with Crippen molar-refractivity contribution in [2.24, 2.45) is 0 Å². The first kappa shape index (κ1) is 12.5. The molecule has 86 valence electrons. The van der Waals surface area contributed by atoms with E-state index in [1.54, 1.807) is 6.92 Å². The van der Waals surface area contributed by atoms with E-state index in [1.807, 2.05) is 6.92 Å². The van der Waals surface area contributed by atoms with E-state index in [1.165, 1.54) is 12.4 Å². The predicted octanol–water partition coefficient (Wildman–Crippen LogP) is 1.10. The lowest BCUT2D eigenvalue weighted by Crippen LogP contribution is -2.46. The van der Waals surface area contributed by atoms with Crippen molar-refractivity contribution in [3.8, 4) is 0 Å². The average molecular weight is 252 g/mol. The van der Waals surface area contributed by atoms with Gasteiger partial charge in [0.05, 0.1) is 6.20 Å². The fourth-order valence-electron chi connectivity index (χ4n) is 0.963. The summed E-state index contributed by atoms with van der Waals surface area (Å²) in [5.41, 5.74) is -0.627. The number of hydrogen-bond donors (Lipinski definition) is 2. The summed E-state index contributed by atoms with van der Waals surface area (Å²) >= 11 is 5.73. The number of H-pyrrole nitrogens is 1. The minimum Gasteiger partial charge on any atom is -0.284 e. The fraction of sp³-hybridized carbons (Fsp3) is 0.625. The SMILES string of the molecule is CCC(C)(CCl)NS(=O)(=O)c1cn[nH]c1. The minimum atomic E-state index is -3.53. The van der Waals surface area contributed by atoms with Gasteiger partial charge in [-0.15, -0.1) is 11.6 Å². The Morgan fingerprint density at radius 2 is 2.33 bits per heavy atom. The zero-order chi connectivity index (χ0) is 11.5. The summed E-state index contributed by atoms with van der Waals surface area (Å²) in [6.07, 6.45) is 3.20. The summed E-state index contributed by atoms with van der Waals surface area (Å²) in [5.74, 6) is 0.223. The van der Waals surface area contributed by atoms with Crippen LogP contribution in [0.3, 0.4) is 0 Å². The second-order valence-electron chi connectivity index (χ2n) is 3.59. The van der Waals surface area contributed by atoms with Crippen LogP contribution < -0.4 is 4.72 Å². The van der Waals surface area contributed by atoms with Crippen LogP contribution >= 0.6 is 11.6 Å². The van der Waals surface area contributed by atoms with E-state index in [0.29, 0.717) is 6.42 Å². The van der Waals surface area contributed by atoms with Crippen molar-refractivity contribution < 1.29 is 8.42 Å². The first-order valence-electron chi connectivity index (χ1n) is 4.52. The molecule has 0 saturated heterocycles. The van der Waals surface area contributed by atoms with E-state index in [2.05, 4.69) is 14.9 Å². The number of sulfonamides is 1. The maximum atomic E-state index is 11.8. The summed E-state index contributed by atoms with van der Waals surface area (Å²) in [5, 5.41) is 6.05. The van der Waals surface area contributed by atoms with Crippen LogP contribution in [-0.2, 0) is 10.0 Å². The van der Waals surface area contributed by atoms with E-state index in [-0.39, 0.29) is 10.8 Å². The number of nitrogens with one attached hydrogen (secondary N) is 2. The molecule has 1 atom stereocenters. The van der Waals surface area contributed by atoms with Crippen molar-refractivity contribution in [1.82, 2.24) is 14.9 Å². The Morgan fingerprint density at radius 1 is 1.67 bits per heavy atom. The maximum absolute atomic E-state index is 11.8. The molecule has 2 N–H and O–H groups in total. The molecule has 0 radical (unpaired) electrons. The molecule has 0 aliphatic heterocycles. The molecule has 7 heteroatoms. The van der Waals surface area contributed by atoms with Crippen LogP contribution in [0.4, 0.5) is 0 Å². The van der Waals surface area contributed by atoms with Crippen LogP contribution in [0, 0.1) is 0 Å². The molecule has 0 bridgehead atoms. The summed E-state index contributed by atoms with van der Waals surface area (Å²) in [6, 6.07) is 0. The topological polar surface area (TPSA) is 74.8 Å². The Labute approximate surface area is 94.3 Å². The van der Waals surface area contributed by atoms with E-state index in [9.17, 15) is 8.42 Å². The first-order chi connectivity index (χ1) is 6.93. The van der Waals surface area contributed by atoms with Gasteiger partial charge in [0.1, 0.15) is 4.90 Å². The Hall–Kier alpha value is -0.590. The monoisotopic (exact) mass is 251 g/mol. The van der Waals surface area contributed by atoms with Crippen molar-refractivity contribution in [2.45, 2.75) is 30.7 Å². The average Bonchev–Trinajstić information content (AvgIpc) is 2.70. The van der Waals surface area contributed by atoms with Gasteiger partial charge in [0.25, 0.3) is 0 Å². The second kappa shape index (κ2) is 4.51. The highest BCUT2D eigenvalue weighted by atomic mass is 35.5. The Bertz CT molecular complexity index is 398. The third-order valence-corrected chi connectivity index (χ3v) is 4.43. The molecule has 0 amide bonds. The number of alkyl halides is 1. The standard InChI is InChI=1S/C8H14ClN3O2S/c1-3-8(2,6-9)12-15(13,14)7-4-10-11-5-7/h4-5,12H,3,6H2,1-2H3,(H,10,11). The van der Waals surface area contributed by atoms with E-state index in [4.69, 9.17) is 11.6 Å². The Kier molecular flexibility index (Phi) is 3.75. The van der Waals surface area contributed by atoms with Crippen LogP contribution in [-0.4, -0.2) is 30.0 Å². The highest BCUT2D eigenvalue weighted by Gasteiger charge is 2.28. The quantitative estimate of drug-likeness (QED) is 0.770. The molecule has 0 spiro atoms. The normalized spacial score (nSPS) is 16.2. The zero-order valence-corrected chi connectivity index (χ0v) is 10.2. The molecule has 0 fully saturated rings. The smallest absolute Gasteiger partial charge is 0.244 e. The van der Waals surface area contributed by atoms with Crippen molar-refractivity contribution in [3.05, 3.63) is 12.4 Å². The largest absolute Gasteiger partial charge is 0.284 e. The van der Waals surface area contributed by atoms with Gasteiger partial charge in [-0.2, -0.15) is 5.10 Å². The van der Waals surface area contributed by atoms with Gasteiger partial charge >= 0.3 is 0 Å². The van der Waals surface area contributed by atoms with Gasteiger partial charge in [0.15, 0.2) is 0 Å². The molecule has 1 heterocycles. The molecule has 5 nitrogen and oxygen atoms in total. The van der Waals surface area contributed by atoms with Gasteiger partial charge < -0.3 is 0 Å². The second-order valence-corrected chi connectivity index (χ2v) is 5.54. The molecule has 0 aliphatic rings. The van der Waals surface area contributed by atoms with Gasteiger partial charge in [0, 0.05) is 17.6 Å². The number of halogens is 1. The number of rotatable bonds is 5. The minimum absolute atomic E-state index is 0.118. The fourth-order valence-corrected chi connectivity index (χ4v) is 2.68. The molecule has 0 aliphatic carbocycles. The summed E-state index contributed by atoms with van der Waals surface area (Å²) in [7, 11) is -3.53. The number of aromatic nitrogens is 2. The van der Waals surface area contributed by atoms with Crippen molar-refractivity contribution in [1.29, 1.82) is 0 Å². The van der Waals surface area contributed by atoms with Gasteiger partial charge in [-0.25, -0.2) is 13.1 Å². The van der Waals surface area contributed by atoms with Gasteiger partial charge in [-0.3, -0.25) is 5.10 Å². The Morgan fingerprint density at radius 3 is 2.73 bits per heavy atom. The molecule has 1 aromatic heterocycles. The molecule has 1 rings (SSSR count). The van der Waals surface area contributed by atoms with Gasteiger partial charge in [0.2, 0.25) is 10.0 Å². The Balaban J connectivity index is 2.91. The predicted molar refractivity (Wildman–Crippen MR) is 58.3 cm³/mol. The summed E-state index contributed by atoms with van der Waals surface area (Å²) in [4.78, 5) is 0.118. The van der Waals surface area contributed by atoms with Crippen molar-refractivity contribution >= 4 is 21.6 Å². The molecule has 0 saturated carbocycles. The lowest BCUT2D eigenvalue weighted by molar-refractivity contribution is 0.444. The zero-order valence-electron chi connectivity index (χ0n) is 8.62. The van der Waals surface area contributed by atoms with Crippen molar-refractivity contribution in [2.75, 3.05) is 5.88 Å². The number of aromatic amines is 1. The summed E-state index contributed by atoms with van der Waals surface area (Å²) in [6.45, 7) is 3.64. The lowest BCUT2D eigenvalue weighted by Gasteiger charge is -2.26. The molecular weight excluding hydrogens is 238 g/mol. The maximum Gasteiger partial charge on any atom is 0.244 e. The van der Waals surface area contributed by atoms with E-state index >= 15 is 0 Å². The lowest BCUT2D eigenvalue weighted by atomic mass is 10.0. The van der Waals surface area contributed by atoms with Gasteiger partial charge in [-0.1, -0.05) is 6.92 Å². The third-order valence-electron chi connectivity index (χ3n) is 2.24. The molecule has 1 aromatic rings. The third kappa shape index (κ3) is 2.93. The number of hydrogen-bond acceptors (Lipinski definition) is 3. The van der Waals surface area contributed by atoms with Crippen molar-refractivity contribution in [3.63, 3.8) is 0 Å². The van der Waals surface area contributed by atoms with Crippen LogP contribution in [0.15, 0.2) is 17.3 Å². The highest BCUT2D eigenvalue weighted by Crippen LogP contribution is 2.16. The van der Waals surface area contributed by atoms with Crippen LogP contribution in [0.1, 0.15) is 20.3 Å². The molecular formula is C8H14ClN3O2S. The van der Waals surface area contributed by atoms with Gasteiger partial charge in [-0.05, 0) is 13.3 Å². The highest BCUT2D eigenvalue weighted by molar-refractivity contribution is 7.89. The van der Waals surface area contributed by atoms with Crippen LogP contribution in [0.2, 0.25) is 0 Å². The summed E-state index contributed by atoms with van der Waals surface area (Å²) < 4.78 is 26.1. The number of nitrogens with zero attached hydrogens (tertiary/aromatic N) is 1. The molecule has 15 heavy (non-hydrogen) atoms. The van der Waals surface area contributed by atoms with Crippen LogP contribution in [0.25, 0.3) is 0 Å². The molecule has 1 unspecified atom stereocenters.